The van der Waals surface area contributed by atoms with Gasteiger partial charge in [0.2, 0.25) is 10.0 Å². The number of aromatic nitrogens is 1. The zero-order valence-corrected chi connectivity index (χ0v) is 18.8. The first-order valence-electron chi connectivity index (χ1n) is 9.15. The summed E-state index contributed by atoms with van der Waals surface area (Å²) in [5, 5.41) is 2.95. The summed E-state index contributed by atoms with van der Waals surface area (Å²) in [5.41, 5.74) is 0.546. The van der Waals surface area contributed by atoms with Crippen molar-refractivity contribution in [1.29, 1.82) is 0 Å². The van der Waals surface area contributed by atoms with Crippen molar-refractivity contribution >= 4 is 50.9 Å². The number of anilines is 1. The first kappa shape index (κ1) is 23.4. The van der Waals surface area contributed by atoms with Crippen LogP contribution < -0.4 is 5.32 Å². The van der Waals surface area contributed by atoms with E-state index < -0.39 is 28.5 Å². The number of esters is 1. The van der Waals surface area contributed by atoms with Crippen LogP contribution in [0.3, 0.4) is 0 Å². The monoisotopic (exact) mass is 487 g/mol. The molecule has 1 amide bonds. The van der Waals surface area contributed by atoms with Crippen LogP contribution in [-0.4, -0.2) is 62.5 Å². The highest BCUT2D eigenvalue weighted by molar-refractivity contribution is 7.89. The first-order valence-corrected chi connectivity index (χ1v) is 11.4. The molecule has 0 spiro atoms. The lowest BCUT2D eigenvalue weighted by atomic mass is 10.2. The SMILES string of the molecule is Cc1c(Cl)cnc(NC(=O)COC(=O)c2cccc(S(=O)(=O)N3CCOCC3)c2)c1Cl. The van der Waals surface area contributed by atoms with Crippen molar-refractivity contribution in [3.8, 4) is 0 Å². The van der Waals surface area contributed by atoms with Crippen molar-refractivity contribution in [3.05, 3.63) is 51.6 Å². The number of pyridine rings is 1. The molecule has 166 valence electrons. The van der Waals surface area contributed by atoms with Crippen molar-refractivity contribution < 1.29 is 27.5 Å². The van der Waals surface area contributed by atoms with E-state index in [2.05, 4.69) is 10.3 Å². The molecule has 12 heteroatoms. The Bertz CT molecular complexity index is 1100. The van der Waals surface area contributed by atoms with Crippen molar-refractivity contribution in [1.82, 2.24) is 9.29 Å². The molecule has 1 fully saturated rings. The fourth-order valence-corrected chi connectivity index (χ4v) is 4.59. The molecule has 1 aliphatic rings. The minimum atomic E-state index is -3.77. The Kier molecular flexibility index (Phi) is 7.50. The smallest absolute Gasteiger partial charge is 0.338 e. The molecule has 1 aromatic heterocycles. The van der Waals surface area contributed by atoms with Gasteiger partial charge in [0.15, 0.2) is 12.4 Å². The highest BCUT2D eigenvalue weighted by atomic mass is 35.5. The van der Waals surface area contributed by atoms with Crippen LogP contribution in [-0.2, 0) is 24.3 Å². The van der Waals surface area contributed by atoms with E-state index >= 15 is 0 Å². The number of sulfonamides is 1. The van der Waals surface area contributed by atoms with Crippen LogP contribution in [0.4, 0.5) is 5.82 Å². The first-order chi connectivity index (χ1) is 14.7. The summed E-state index contributed by atoms with van der Waals surface area (Å²) in [5.74, 6) is -1.43. The number of nitrogens with one attached hydrogen (secondary N) is 1. The number of benzene rings is 1. The zero-order chi connectivity index (χ0) is 22.6. The topological polar surface area (TPSA) is 115 Å². The maximum absolute atomic E-state index is 12.7. The van der Waals surface area contributed by atoms with E-state index in [-0.39, 0.29) is 34.4 Å². The number of nitrogens with zero attached hydrogens (tertiary/aromatic N) is 2. The third kappa shape index (κ3) is 5.52. The second-order valence-electron chi connectivity index (χ2n) is 6.56. The van der Waals surface area contributed by atoms with Crippen LogP contribution in [0.1, 0.15) is 15.9 Å². The molecule has 0 aliphatic carbocycles. The number of carbonyl (C=O) groups is 2. The van der Waals surface area contributed by atoms with E-state index in [1.165, 1.54) is 34.8 Å². The van der Waals surface area contributed by atoms with Gasteiger partial charge in [0.1, 0.15) is 0 Å². The minimum absolute atomic E-state index is 0.000583. The van der Waals surface area contributed by atoms with E-state index in [1.807, 2.05) is 0 Å². The second-order valence-corrected chi connectivity index (χ2v) is 9.29. The molecule has 0 radical (unpaired) electrons. The standard InChI is InChI=1S/C19H19Cl2N3O6S/c1-12-15(20)10-22-18(17(12)21)23-16(25)11-30-19(26)13-3-2-4-14(9-13)31(27,28)24-5-7-29-8-6-24/h2-4,9-10H,5-8,11H2,1H3,(H,22,23,25). The fourth-order valence-electron chi connectivity index (χ4n) is 2.75. The van der Waals surface area contributed by atoms with E-state index in [9.17, 15) is 18.0 Å². The molecule has 0 bridgehead atoms. The van der Waals surface area contributed by atoms with Crippen LogP contribution in [0.5, 0.6) is 0 Å². The van der Waals surface area contributed by atoms with Crippen molar-refractivity contribution in [2.24, 2.45) is 0 Å². The van der Waals surface area contributed by atoms with Gasteiger partial charge in [-0.2, -0.15) is 4.31 Å². The van der Waals surface area contributed by atoms with Gasteiger partial charge >= 0.3 is 5.97 Å². The zero-order valence-electron chi connectivity index (χ0n) is 16.4. The summed E-state index contributed by atoms with van der Waals surface area (Å²) in [6.45, 7) is 2.14. The molecule has 31 heavy (non-hydrogen) atoms. The average Bonchev–Trinajstić information content (AvgIpc) is 2.78. The number of amides is 1. The van der Waals surface area contributed by atoms with Gasteiger partial charge in [0, 0.05) is 19.3 Å². The molecular formula is C19H19Cl2N3O6S. The molecule has 2 aromatic rings. The molecule has 9 nitrogen and oxygen atoms in total. The maximum Gasteiger partial charge on any atom is 0.338 e. The number of carbonyl (C=O) groups excluding carboxylic acids is 2. The van der Waals surface area contributed by atoms with Gasteiger partial charge < -0.3 is 14.8 Å². The number of morpholine rings is 1. The molecule has 3 rings (SSSR count). The molecule has 0 atom stereocenters. The molecule has 2 heterocycles. The highest BCUT2D eigenvalue weighted by Crippen LogP contribution is 2.28. The Balaban J connectivity index is 1.64. The van der Waals surface area contributed by atoms with E-state index in [4.69, 9.17) is 32.7 Å². The van der Waals surface area contributed by atoms with Gasteiger partial charge in [-0.15, -0.1) is 0 Å². The summed E-state index contributed by atoms with van der Waals surface area (Å²) >= 11 is 12.0. The van der Waals surface area contributed by atoms with E-state index in [0.717, 1.165) is 0 Å². The van der Waals surface area contributed by atoms with Gasteiger partial charge in [-0.3, -0.25) is 4.79 Å². The summed E-state index contributed by atoms with van der Waals surface area (Å²) in [4.78, 5) is 28.3. The van der Waals surface area contributed by atoms with E-state index in [0.29, 0.717) is 23.8 Å². The van der Waals surface area contributed by atoms with Gasteiger partial charge in [-0.1, -0.05) is 29.3 Å². The van der Waals surface area contributed by atoms with Gasteiger partial charge in [-0.25, -0.2) is 18.2 Å². The molecule has 1 aliphatic heterocycles. The largest absolute Gasteiger partial charge is 0.452 e. The number of ether oxygens (including phenoxy) is 2. The maximum atomic E-state index is 12.7. The molecule has 0 saturated carbocycles. The van der Waals surface area contributed by atoms with Crippen molar-refractivity contribution in [2.45, 2.75) is 11.8 Å². The summed E-state index contributed by atoms with van der Waals surface area (Å²) in [6.07, 6.45) is 1.34. The van der Waals surface area contributed by atoms with Gasteiger partial charge in [0.25, 0.3) is 5.91 Å². The lowest BCUT2D eigenvalue weighted by Crippen LogP contribution is -2.40. The van der Waals surface area contributed by atoms with Crippen LogP contribution in [0, 0.1) is 6.92 Å². The number of rotatable bonds is 6. The Morgan fingerprint density at radius 1 is 1.26 bits per heavy atom. The molecular weight excluding hydrogens is 469 g/mol. The summed E-state index contributed by atoms with van der Waals surface area (Å²) < 4.78 is 36.9. The predicted molar refractivity (Wildman–Crippen MR) is 114 cm³/mol. The fraction of sp³-hybridized carbons (Fsp3) is 0.316. The Morgan fingerprint density at radius 2 is 1.97 bits per heavy atom. The van der Waals surface area contributed by atoms with Crippen molar-refractivity contribution in [2.75, 3.05) is 38.2 Å². The Labute approximate surface area is 189 Å². The lowest BCUT2D eigenvalue weighted by Gasteiger charge is -2.26. The predicted octanol–water partition coefficient (Wildman–Crippen LogP) is 2.51. The molecule has 1 saturated heterocycles. The van der Waals surface area contributed by atoms with Gasteiger partial charge in [-0.05, 0) is 30.7 Å². The second kappa shape index (κ2) is 9.92. The van der Waals surface area contributed by atoms with Crippen LogP contribution in [0.25, 0.3) is 0 Å². The van der Waals surface area contributed by atoms with E-state index in [1.54, 1.807) is 6.92 Å². The highest BCUT2D eigenvalue weighted by Gasteiger charge is 2.27. The number of hydrogen-bond donors (Lipinski definition) is 1. The normalized spacial score (nSPS) is 14.8. The Hall–Kier alpha value is -2.24. The van der Waals surface area contributed by atoms with Crippen LogP contribution in [0.2, 0.25) is 10.0 Å². The lowest BCUT2D eigenvalue weighted by molar-refractivity contribution is -0.119. The Morgan fingerprint density at radius 3 is 2.68 bits per heavy atom. The summed E-state index contributed by atoms with van der Waals surface area (Å²) in [6, 6.07) is 5.44. The number of halogens is 2. The minimum Gasteiger partial charge on any atom is -0.452 e. The third-order valence-electron chi connectivity index (χ3n) is 4.47. The van der Waals surface area contributed by atoms with Gasteiger partial charge in [0.05, 0.1) is 33.7 Å². The quantitative estimate of drug-likeness (QED) is 0.622. The third-order valence-corrected chi connectivity index (χ3v) is 7.21. The average molecular weight is 488 g/mol. The van der Waals surface area contributed by atoms with Crippen LogP contribution >= 0.6 is 23.2 Å². The molecule has 1 aromatic carbocycles. The van der Waals surface area contributed by atoms with Crippen LogP contribution in [0.15, 0.2) is 35.4 Å². The number of hydrogen-bond acceptors (Lipinski definition) is 7. The summed E-state index contributed by atoms with van der Waals surface area (Å²) in [7, 11) is -3.77. The molecule has 0 unspecified atom stereocenters. The molecule has 1 N–H and O–H groups in total. The van der Waals surface area contributed by atoms with Crippen molar-refractivity contribution in [3.63, 3.8) is 0 Å².